The third kappa shape index (κ3) is 5.37. The van der Waals surface area contributed by atoms with Crippen LogP contribution in [0.2, 0.25) is 0 Å². The maximum atomic E-state index is 12.5. The number of hydrogen-bond acceptors (Lipinski definition) is 3. The summed E-state index contributed by atoms with van der Waals surface area (Å²) in [4.78, 5) is 0. The summed E-state index contributed by atoms with van der Waals surface area (Å²) in [7, 11) is 0. The molecule has 1 heterocycles. The maximum absolute atomic E-state index is 12.5. The third-order valence-corrected chi connectivity index (χ3v) is 5.04. The van der Waals surface area contributed by atoms with Crippen LogP contribution in [0.15, 0.2) is 54.6 Å². The topological polar surface area (TPSA) is 33.3 Å². The summed E-state index contributed by atoms with van der Waals surface area (Å²) >= 11 is 6.24. The van der Waals surface area contributed by atoms with Crippen LogP contribution in [0, 0.1) is 0 Å². The van der Waals surface area contributed by atoms with E-state index in [4.69, 9.17) is 16.3 Å². The van der Waals surface area contributed by atoms with E-state index in [0.717, 1.165) is 18.4 Å². The highest BCUT2D eigenvalue weighted by molar-refractivity contribution is 6.20. The number of ether oxygens (including phenoxy) is 1. The monoisotopic (exact) mass is 398 g/mol. The van der Waals surface area contributed by atoms with Gasteiger partial charge in [0.2, 0.25) is 0 Å². The molecule has 1 saturated heterocycles. The summed E-state index contributed by atoms with van der Waals surface area (Å²) in [6, 6.07) is 16.7. The zero-order valence-corrected chi connectivity index (χ0v) is 15.5. The van der Waals surface area contributed by atoms with E-state index in [1.807, 2.05) is 30.3 Å². The van der Waals surface area contributed by atoms with Crippen LogP contribution in [0.3, 0.4) is 0 Å². The lowest BCUT2D eigenvalue weighted by Crippen LogP contribution is -2.58. The molecule has 2 unspecified atom stereocenters. The average Bonchev–Trinajstić information content (AvgIpc) is 2.67. The molecule has 2 N–H and O–H groups in total. The summed E-state index contributed by atoms with van der Waals surface area (Å²) < 4.78 is 42.5. The zero-order valence-electron chi connectivity index (χ0n) is 14.7. The Balaban J connectivity index is 1.77. The Hall–Kier alpha value is -1.76. The van der Waals surface area contributed by atoms with Gasteiger partial charge in [0.25, 0.3) is 0 Å². The zero-order chi connectivity index (χ0) is 19.3. The van der Waals surface area contributed by atoms with E-state index in [9.17, 15) is 13.2 Å². The van der Waals surface area contributed by atoms with E-state index in [1.165, 1.54) is 0 Å². The number of alkyl halides is 4. The average molecular weight is 399 g/mol. The Labute approximate surface area is 161 Å². The van der Waals surface area contributed by atoms with Crippen molar-refractivity contribution < 1.29 is 17.9 Å². The minimum Gasteiger partial charge on any atom is -0.484 e. The molecule has 3 nitrogen and oxygen atoms in total. The van der Waals surface area contributed by atoms with Gasteiger partial charge in [0, 0.05) is 24.0 Å². The molecule has 27 heavy (non-hydrogen) atoms. The second-order valence-electron chi connectivity index (χ2n) is 6.65. The third-order valence-electron chi connectivity index (χ3n) is 4.67. The van der Waals surface area contributed by atoms with Crippen molar-refractivity contribution in [2.75, 3.05) is 13.2 Å². The highest BCUT2D eigenvalue weighted by Gasteiger charge is 2.36. The molecule has 0 spiro atoms. The van der Waals surface area contributed by atoms with Crippen molar-refractivity contribution in [3.05, 3.63) is 65.7 Å². The van der Waals surface area contributed by atoms with Gasteiger partial charge >= 0.3 is 6.18 Å². The van der Waals surface area contributed by atoms with E-state index in [1.54, 1.807) is 24.3 Å². The van der Waals surface area contributed by atoms with Gasteiger partial charge in [-0.15, -0.1) is 11.6 Å². The summed E-state index contributed by atoms with van der Waals surface area (Å²) in [6.45, 7) is -0.293. The molecule has 146 valence electrons. The number of para-hydroxylation sites is 1. The SMILES string of the molecule is FC(F)(F)COc1ccccc1CNC1(c2ccccc2)CCC(Cl)CN1. The lowest BCUT2D eigenvalue weighted by atomic mass is 9.89. The molecule has 0 aromatic heterocycles. The predicted octanol–water partition coefficient (Wildman–Crippen LogP) is 4.56. The van der Waals surface area contributed by atoms with Gasteiger partial charge in [-0.25, -0.2) is 0 Å². The second-order valence-corrected chi connectivity index (χ2v) is 7.27. The van der Waals surface area contributed by atoms with Crippen molar-refractivity contribution in [2.45, 2.75) is 36.6 Å². The summed E-state index contributed by atoms with van der Waals surface area (Å²) in [6.07, 6.45) is -2.76. The lowest BCUT2D eigenvalue weighted by Gasteiger charge is -2.41. The van der Waals surface area contributed by atoms with E-state index in [2.05, 4.69) is 10.6 Å². The van der Waals surface area contributed by atoms with Crippen molar-refractivity contribution in [1.82, 2.24) is 10.6 Å². The van der Waals surface area contributed by atoms with E-state index in [-0.39, 0.29) is 11.1 Å². The quantitative estimate of drug-likeness (QED) is 0.700. The number of nitrogens with one attached hydrogen (secondary N) is 2. The number of halogens is 4. The molecule has 1 aliphatic rings. The molecular weight excluding hydrogens is 377 g/mol. The largest absolute Gasteiger partial charge is 0.484 e. The minimum atomic E-state index is -4.37. The fourth-order valence-electron chi connectivity index (χ4n) is 3.27. The van der Waals surface area contributed by atoms with E-state index in [0.29, 0.717) is 18.7 Å². The van der Waals surface area contributed by atoms with Gasteiger partial charge in [-0.2, -0.15) is 13.2 Å². The Morgan fingerprint density at radius 3 is 2.48 bits per heavy atom. The number of benzene rings is 2. The van der Waals surface area contributed by atoms with Crippen LogP contribution in [-0.2, 0) is 12.2 Å². The van der Waals surface area contributed by atoms with Gasteiger partial charge in [0.15, 0.2) is 6.61 Å². The van der Waals surface area contributed by atoms with Crippen molar-refractivity contribution in [3.8, 4) is 5.75 Å². The number of piperidine rings is 1. The Morgan fingerprint density at radius 1 is 1.11 bits per heavy atom. The highest BCUT2D eigenvalue weighted by Crippen LogP contribution is 2.31. The second kappa shape index (κ2) is 8.50. The van der Waals surface area contributed by atoms with Crippen LogP contribution in [0.25, 0.3) is 0 Å². The summed E-state index contributed by atoms with van der Waals surface area (Å²) in [5.74, 6) is 0.233. The molecule has 0 amide bonds. The molecule has 0 radical (unpaired) electrons. The summed E-state index contributed by atoms with van der Waals surface area (Å²) in [5.41, 5.74) is 1.26. The standard InChI is InChI=1S/C20H22ClF3N2O/c21-17-10-11-19(26-13-17,16-7-2-1-3-8-16)25-12-15-6-4-5-9-18(15)27-14-20(22,23)24/h1-9,17,25-26H,10-14H2. The van der Waals surface area contributed by atoms with E-state index < -0.39 is 18.4 Å². The fourth-order valence-corrected chi connectivity index (χ4v) is 3.45. The molecule has 0 bridgehead atoms. The first-order valence-electron chi connectivity index (χ1n) is 8.85. The number of rotatable bonds is 6. The van der Waals surface area contributed by atoms with Gasteiger partial charge in [-0.3, -0.25) is 10.6 Å². The molecule has 2 aromatic carbocycles. The van der Waals surface area contributed by atoms with Crippen LogP contribution < -0.4 is 15.4 Å². The van der Waals surface area contributed by atoms with Gasteiger partial charge in [-0.1, -0.05) is 48.5 Å². The summed E-state index contributed by atoms with van der Waals surface area (Å²) in [5, 5.41) is 7.04. The van der Waals surface area contributed by atoms with Gasteiger partial charge < -0.3 is 4.74 Å². The Bertz CT molecular complexity index is 732. The molecule has 7 heteroatoms. The van der Waals surface area contributed by atoms with E-state index >= 15 is 0 Å². The minimum absolute atomic E-state index is 0.0612. The first-order chi connectivity index (χ1) is 12.9. The van der Waals surface area contributed by atoms with Crippen LogP contribution in [0.5, 0.6) is 5.75 Å². The van der Waals surface area contributed by atoms with Gasteiger partial charge in [0.1, 0.15) is 5.75 Å². The van der Waals surface area contributed by atoms with Crippen LogP contribution in [-0.4, -0.2) is 24.7 Å². The van der Waals surface area contributed by atoms with Crippen molar-refractivity contribution in [3.63, 3.8) is 0 Å². The molecule has 3 rings (SSSR count). The molecule has 0 aliphatic carbocycles. The molecule has 0 saturated carbocycles. The van der Waals surface area contributed by atoms with Crippen LogP contribution in [0.1, 0.15) is 24.0 Å². The molecule has 1 aliphatic heterocycles. The first kappa shape index (κ1) is 20.0. The van der Waals surface area contributed by atoms with Crippen molar-refractivity contribution >= 4 is 11.6 Å². The highest BCUT2D eigenvalue weighted by atomic mass is 35.5. The smallest absolute Gasteiger partial charge is 0.422 e. The maximum Gasteiger partial charge on any atom is 0.422 e. The normalized spacial score (nSPS) is 23.2. The molecule has 2 atom stereocenters. The lowest BCUT2D eigenvalue weighted by molar-refractivity contribution is -0.153. The van der Waals surface area contributed by atoms with Crippen LogP contribution >= 0.6 is 11.6 Å². The Kier molecular flexibility index (Phi) is 6.29. The van der Waals surface area contributed by atoms with Crippen LogP contribution in [0.4, 0.5) is 13.2 Å². The first-order valence-corrected chi connectivity index (χ1v) is 9.29. The number of hydrogen-bond donors (Lipinski definition) is 2. The van der Waals surface area contributed by atoms with Gasteiger partial charge in [-0.05, 0) is 24.5 Å². The fraction of sp³-hybridized carbons (Fsp3) is 0.400. The van der Waals surface area contributed by atoms with Crippen molar-refractivity contribution in [2.24, 2.45) is 0 Å². The van der Waals surface area contributed by atoms with Crippen molar-refractivity contribution in [1.29, 1.82) is 0 Å². The predicted molar refractivity (Wildman–Crippen MR) is 99.8 cm³/mol. The molecular formula is C20H22ClF3N2O. The molecule has 1 fully saturated rings. The van der Waals surface area contributed by atoms with Gasteiger partial charge in [0.05, 0.1) is 5.66 Å². The Morgan fingerprint density at radius 2 is 1.81 bits per heavy atom. The molecule has 2 aromatic rings.